The van der Waals surface area contributed by atoms with Crippen molar-refractivity contribution in [2.45, 2.75) is 0 Å². The number of hydrogen-bond acceptors (Lipinski definition) is 6. The maximum absolute atomic E-state index is 9.04. The van der Waals surface area contributed by atoms with Crippen molar-refractivity contribution in [3.63, 3.8) is 0 Å². The van der Waals surface area contributed by atoms with Gasteiger partial charge in [0.05, 0.1) is 15.7 Å². The standard InChI is InChI=1S/3CH3NOS.In/c3*2-1(3)4;/h3*(H3,2,3,4);/q;;;+3/p-3. The van der Waals surface area contributed by atoms with Crippen molar-refractivity contribution < 1.29 is 14.4 Å². The molecule has 0 fully saturated rings. The number of carbonyl (C=O) groups excluding carboxylic acids is 3. The molecule has 0 aliphatic heterocycles. The van der Waals surface area contributed by atoms with E-state index in [1.54, 1.807) is 0 Å². The topological polar surface area (TPSA) is 129 Å². The van der Waals surface area contributed by atoms with E-state index in [4.69, 9.17) is 14.4 Å². The fraction of sp³-hybridized carbons (Fsp3) is 0. The van der Waals surface area contributed by atoms with Gasteiger partial charge >= 0.3 is 25.8 Å². The Kier molecular flexibility index (Phi) is 31.7. The molecular weight excluding hydrogens is 337 g/mol. The van der Waals surface area contributed by atoms with Gasteiger partial charge in [0.1, 0.15) is 0 Å². The molecule has 6 nitrogen and oxygen atoms in total. The van der Waals surface area contributed by atoms with Gasteiger partial charge in [-0.2, -0.15) is 0 Å². The third kappa shape index (κ3) is 329000. The van der Waals surface area contributed by atoms with Crippen LogP contribution in [0.4, 0.5) is 14.4 Å². The monoisotopic (exact) mass is 343 g/mol. The predicted molar refractivity (Wildman–Crippen MR) is 56.6 cm³/mol. The van der Waals surface area contributed by atoms with Crippen LogP contribution in [0.5, 0.6) is 0 Å². The molecule has 72 valence electrons. The molecule has 0 rings (SSSR count). The average molecular weight is 343 g/mol. The summed E-state index contributed by atoms with van der Waals surface area (Å²) < 4.78 is 0. The number of primary amides is 3. The first-order valence-electron chi connectivity index (χ1n) is 2.09. The van der Waals surface area contributed by atoms with E-state index in [-0.39, 0.29) is 25.8 Å². The quantitative estimate of drug-likeness (QED) is 0.457. The Bertz CT molecular complexity index is 127. The van der Waals surface area contributed by atoms with Crippen LogP contribution in [0.25, 0.3) is 0 Å². The van der Waals surface area contributed by atoms with Gasteiger partial charge in [0.15, 0.2) is 0 Å². The zero-order chi connectivity index (χ0) is 10.7. The minimum absolute atomic E-state index is 0. The van der Waals surface area contributed by atoms with E-state index >= 15 is 0 Å². The van der Waals surface area contributed by atoms with E-state index < -0.39 is 15.7 Å². The van der Waals surface area contributed by atoms with Gasteiger partial charge in [-0.3, -0.25) is 0 Å². The predicted octanol–water partition coefficient (Wildman–Crippen LogP) is -1.54. The Balaban J connectivity index is -0.0000000450. The normalized spacial score (nSPS) is 5.54. The molecule has 10 heteroatoms. The van der Waals surface area contributed by atoms with Crippen molar-refractivity contribution >= 4 is 79.4 Å². The van der Waals surface area contributed by atoms with Crippen LogP contribution in [0, 0.1) is 0 Å². The summed E-state index contributed by atoms with van der Waals surface area (Å²) in [4.78, 5) is 27.1. The Morgan fingerprint density at radius 1 is 0.692 bits per heavy atom. The van der Waals surface area contributed by atoms with Gasteiger partial charge in [0.2, 0.25) is 0 Å². The van der Waals surface area contributed by atoms with Gasteiger partial charge in [-0.05, 0) is 0 Å². The minimum Gasteiger partial charge on any atom is -0.719 e. The van der Waals surface area contributed by atoms with Crippen molar-refractivity contribution in [3.8, 4) is 0 Å². The molecule has 0 aromatic heterocycles. The van der Waals surface area contributed by atoms with Crippen molar-refractivity contribution in [2.75, 3.05) is 0 Å². The molecule has 0 unspecified atom stereocenters. The number of carbonyl (C=O) groups is 3. The summed E-state index contributed by atoms with van der Waals surface area (Å²) >= 11 is 11.3. The van der Waals surface area contributed by atoms with Gasteiger partial charge in [-0.25, -0.2) is 0 Å². The van der Waals surface area contributed by atoms with Crippen LogP contribution in [0.2, 0.25) is 0 Å². The van der Waals surface area contributed by atoms with Crippen LogP contribution in [0.3, 0.4) is 0 Å². The average Bonchev–Trinajstić information content (AvgIpc) is 1.54. The molecule has 0 saturated heterocycles. The van der Waals surface area contributed by atoms with Crippen LogP contribution in [-0.2, 0) is 37.9 Å². The van der Waals surface area contributed by atoms with Gasteiger partial charge in [-0.1, -0.05) is 0 Å². The molecule has 13 heavy (non-hydrogen) atoms. The van der Waals surface area contributed by atoms with Crippen molar-refractivity contribution in [2.24, 2.45) is 17.2 Å². The van der Waals surface area contributed by atoms with Crippen LogP contribution in [0.1, 0.15) is 0 Å². The SMILES string of the molecule is NC(=O)[S-].NC(=O)[S-].NC(=O)[S-].[In+3]. The van der Waals surface area contributed by atoms with E-state index in [0.717, 1.165) is 0 Å². The molecular formula is C3H6InN3O3S3. The molecule has 0 atom stereocenters. The summed E-state index contributed by atoms with van der Waals surface area (Å²) in [6.45, 7) is 0. The van der Waals surface area contributed by atoms with Crippen LogP contribution >= 0.6 is 0 Å². The molecule has 0 spiro atoms. The van der Waals surface area contributed by atoms with Crippen molar-refractivity contribution in [1.29, 1.82) is 0 Å². The molecule has 6 N–H and O–H groups in total. The Labute approximate surface area is 110 Å². The third-order valence-corrected chi connectivity index (χ3v) is 0. The molecule has 0 heterocycles. The fourth-order valence-corrected chi connectivity index (χ4v) is 0. The molecule has 3 amide bonds. The molecule has 0 radical (unpaired) electrons. The molecule has 0 saturated carbocycles. The van der Waals surface area contributed by atoms with Gasteiger partial charge < -0.3 is 69.5 Å². The van der Waals surface area contributed by atoms with E-state index in [9.17, 15) is 0 Å². The first-order valence-corrected chi connectivity index (χ1v) is 3.32. The molecule has 0 bridgehead atoms. The van der Waals surface area contributed by atoms with Gasteiger partial charge in [0.25, 0.3) is 0 Å². The molecule has 0 aliphatic rings. The Morgan fingerprint density at radius 2 is 0.692 bits per heavy atom. The maximum Gasteiger partial charge on any atom is 3.00 e. The summed E-state index contributed by atoms with van der Waals surface area (Å²) in [5.41, 5.74) is 12.9. The number of rotatable bonds is 0. The van der Waals surface area contributed by atoms with E-state index in [0.29, 0.717) is 0 Å². The Morgan fingerprint density at radius 3 is 0.692 bits per heavy atom. The van der Waals surface area contributed by atoms with Crippen LogP contribution in [-0.4, -0.2) is 41.6 Å². The van der Waals surface area contributed by atoms with E-state index in [2.05, 4.69) is 55.1 Å². The Hall–Kier alpha value is -0.0599. The summed E-state index contributed by atoms with van der Waals surface area (Å²) in [5, 5.41) is -2.25. The second kappa shape index (κ2) is 17.9. The van der Waals surface area contributed by atoms with Gasteiger partial charge in [-0.15, -0.1) is 0 Å². The summed E-state index contributed by atoms with van der Waals surface area (Å²) in [6.07, 6.45) is 0. The number of hydrogen-bond donors (Lipinski definition) is 3. The summed E-state index contributed by atoms with van der Waals surface area (Å²) in [7, 11) is 0. The fourth-order valence-electron chi connectivity index (χ4n) is 0. The smallest absolute Gasteiger partial charge is 0.719 e. The molecule has 0 aromatic rings. The largest absolute Gasteiger partial charge is 3.00 e. The summed E-state index contributed by atoms with van der Waals surface area (Å²) in [5.74, 6) is 0. The van der Waals surface area contributed by atoms with Crippen LogP contribution < -0.4 is 17.2 Å². The third-order valence-electron chi connectivity index (χ3n) is 0. The second-order valence-corrected chi connectivity index (χ2v) is 2.16. The zero-order valence-electron chi connectivity index (χ0n) is 6.26. The number of nitrogens with two attached hydrogens (primary N) is 3. The van der Waals surface area contributed by atoms with E-state index in [1.165, 1.54) is 0 Å². The second-order valence-electron chi connectivity index (χ2n) is 0.957. The molecule has 0 aromatic carbocycles. The summed E-state index contributed by atoms with van der Waals surface area (Å²) in [6, 6.07) is 0. The van der Waals surface area contributed by atoms with Crippen molar-refractivity contribution in [1.82, 2.24) is 0 Å². The number of amides is 3. The zero-order valence-corrected chi connectivity index (χ0v) is 12.0. The molecule has 0 aliphatic carbocycles. The first kappa shape index (κ1) is 23.1. The minimum atomic E-state index is -0.750. The van der Waals surface area contributed by atoms with Crippen molar-refractivity contribution in [3.05, 3.63) is 0 Å². The maximum atomic E-state index is 9.04. The first-order chi connectivity index (χ1) is 5.20. The van der Waals surface area contributed by atoms with E-state index in [1.807, 2.05) is 0 Å². The van der Waals surface area contributed by atoms with Crippen LogP contribution in [0.15, 0.2) is 0 Å². The van der Waals surface area contributed by atoms with Gasteiger partial charge in [0, 0.05) is 0 Å².